The fourth-order valence-electron chi connectivity index (χ4n) is 2.48. The molecule has 0 aliphatic rings. The first kappa shape index (κ1) is 16.8. The largest absolute Gasteiger partial charge is 0.491 e. The molecule has 128 valence electrons. The quantitative estimate of drug-likeness (QED) is 0.741. The van der Waals surface area contributed by atoms with Gasteiger partial charge in [0.1, 0.15) is 5.75 Å². The average molecular weight is 335 g/mol. The second kappa shape index (κ2) is 7.66. The molecule has 0 unspecified atom stereocenters. The second-order valence-electron chi connectivity index (χ2n) is 6.08. The lowest BCUT2D eigenvalue weighted by molar-refractivity contribution is 0.102. The maximum atomic E-state index is 12.4. The number of ether oxygens (including phenoxy) is 1. The first-order chi connectivity index (χ1) is 12.1. The minimum Gasteiger partial charge on any atom is -0.491 e. The van der Waals surface area contributed by atoms with Gasteiger partial charge in [-0.05, 0) is 43.7 Å². The Bertz CT molecular complexity index is 824. The van der Waals surface area contributed by atoms with Crippen molar-refractivity contribution in [3.05, 3.63) is 78.4 Å². The molecule has 3 rings (SSSR count). The van der Waals surface area contributed by atoms with E-state index in [2.05, 4.69) is 10.3 Å². The molecule has 0 atom stereocenters. The van der Waals surface area contributed by atoms with Crippen molar-refractivity contribution < 1.29 is 9.53 Å². The zero-order valence-electron chi connectivity index (χ0n) is 14.3. The molecule has 0 saturated carbocycles. The van der Waals surface area contributed by atoms with Crippen LogP contribution in [0, 0.1) is 0 Å². The molecule has 0 aliphatic carbocycles. The van der Waals surface area contributed by atoms with E-state index in [0.717, 1.165) is 17.9 Å². The molecule has 0 spiro atoms. The van der Waals surface area contributed by atoms with E-state index in [9.17, 15) is 4.79 Å². The Labute approximate surface area is 147 Å². The molecular formula is C20H21N3O2. The summed E-state index contributed by atoms with van der Waals surface area (Å²) in [4.78, 5) is 16.4. The highest BCUT2D eigenvalue weighted by Gasteiger charge is 2.07. The first-order valence-electron chi connectivity index (χ1n) is 8.23. The number of hydrogen-bond donors (Lipinski definition) is 1. The van der Waals surface area contributed by atoms with Crippen molar-refractivity contribution in [1.29, 1.82) is 0 Å². The minimum absolute atomic E-state index is 0.0917. The van der Waals surface area contributed by atoms with Gasteiger partial charge in [-0.3, -0.25) is 4.79 Å². The van der Waals surface area contributed by atoms with Crippen LogP contribution in [0.3, 0.4) is 0 Å². The molecule has 0 bridgehead atoms. The number of nitrogens with one attached hydrogen (secondary N) is 1. The summed E-state index contributed by atoms with van der Waals surface area (Å²) < 4.78 is 7.63. The highest BCUT2D eigenvalue weighted by Crippen LogP contribution is 2.19. The van der Waals surface area contributed by atoms with Gasteiger partial charge in [-0.15, -0.1) is 0 Å². The van der Waals surface area contributed by atoms with E-state index >= 15 is 0 Å². The predicted molar refractivity (Wildman–Crippen MR) is 97.9 cm³/mol. The van der Waals surface area contributed by atoms with Crippen LogP contribution in [0.2, 0.25) is 0 Å². The number of benzene rings is 2. The molecule has 2 aromatic carbocycles. The standard InChI is InChI=1S/C20H21N3O2/c1-15(2)25-19-5-3-4-18(12-19)22-20(24)17-8-6-16(7-9-17)13-23-11-10-21-14-23/h3-12,14-15H,13H2,1-2H3,(H,22,24). The fraction of sp³-hybridized carbons (Fsp3) is 0.200. The normalized spacial score (nSPS) is 10.7. The molecule has 1 aromatic heterocycles. The summed E-state index contributed by atoms with van der Waals surface area (Å²) >= 11 is 0. The third-order valence-corrected chi connectivity index (χ3v) is 3.60. The Morgan fingerprint density at radius 1 is 1.20 bits per heavy atom. The number of carbonyl (C=O) groups is 1. The molecule has 5 nitrogen and oxygen atoms in total. The minimum atomic E-state index is -0.143. The van der Waals surface area contributed by atoms with Crippen LogP contribution in [0.15, 0.2) is 67.3 Å². The molecule has 1 amide bonds. The topological polar surface area (TPSA) is 56.1 Å². The van der Waals surface area contributed by atoms with E-state index in [1.807, 2.05) is 73.1 Å². The number of amides is 1. The van der Waals surface area contributed by atoms with Gasteiger partial charge in [0.25, 0.3) is 5.91 Å². The number of aromatic nitrogens is 2. The number of hydrogen-bond acceptors (Lipinski definition) is 3. The predicted octanol–water partition coefficient (Wildman–Crippen LogP) is 3.97. The summed E-state index contributed by atoms with van der Waals surface area (Å²) in [7, 11) is 0. The van der Waals surface area contributed by atoms with Crippen molar-refractivity contribution in [2.24, 2.45) is 0 Å². The molecule has 0 aliphatic heterocycles. The molecule has 0 radical (unpaired) electrons. The van der Waals surface area contributed by atoms with Crippen molar-refractivity contribution in [3.63, 3.8) is 0 Å². The Kier molecular flexibility index (Phi) is 5.14. The van der Waals surface area contributed by atoms with Crippen LogP contribution in [-0.4, -0.2) is 21.6 Å². The van der Waals surface area contributed by atoms with Crippen LogP contribution in [0.25, 0.3) is 0 Å². The monoisotopic (exact) mass is 335 g/mol. The molecule has 0 fully saturated rings. The molecule has 1 N–H and O–H groups in total. The van der Waals surface area contributed by atoms with Gasteiger partial charge < -0.3 is 14.6 Å². The molecular weight excluding hydrogens is 314 g/mol. The Morgan fingerprint density at radius 2 is 2.00 bits per heavy atom. The molecule has 25 heavy (non-hydrogen) atoms. The van der Waals surface area contributed by atoms with E-state index in [-0.39, 0.29) is 12.0 Å². The summed E-state index contributed by atoms with van der Waals surface area (Å²) in [5.41, 5.74) is 2.44. The number of rotatable bonds is 6. The van der Waals surface area contributed by atoms with Gasteiger partial charge in [0.2, 0.25) is 0 Å². The van der Waals surface area contributed by atoms with Crippen molar-refractivity contribution in [3.8, 4) is 5.75 Å². The number of nitrogens with zero attached hydrogens (tertiary/aromatic N) is 2. The van der Waals surface area contributed by atoms with E-state index in [4.69, 9.17) is 4.74 Å². The first-order valence-corrected chi connectivity index (χ1v) is 8.23. The van der Waals surface area contributed by atoms with Crippen molar-refractivity contribution in [2.75, 3.05) is 5.32 Å². The summed E-state index contributed by atoms with van der Waals surface area (Å²) in [6, 6.07) is 15.0. The summed E-state index contributed by atoms with van der Waals surface area (Å²) in [5.74, 6) is 0.597. The van der Waals surface area contributed by atoms with Crippen molar-refractivity contribution in [1.82, 2.24) is 9.55 Å². The lowest BCUT2D eigenvalue weighted by Gasteiger charge is -2.11. The summed E-state index contributed by atoms with van der Waals surface area (Å²) in [5, 5.41) is 2.90. The Balaban J connectivity index is 1.65. The van der Waals surface area contributed by atoms with E-state index in [1.165, 1.54) is 0 Å². The number of imidazole rings is 1. The van der Waals surface area contributed by atoms with Crippen molar-refractivity contribution in [2.45, 2.75) is 26.5 Å². The lowest BCUT2D eigenvalue weighted by Crippen LogP contribution is -2.12. The van der Waals surface area contributed by atoms with Gasteiger partial charge in [0, 0.05) is 36.3 Å². The molecule has 1 heterocycles. The van der Waals surface area contributed by atoms with E-state index in [0.29, 0.717) is 11.3 Å². The van der Waals surface area contributed by atoms with Gasteiger partial charge in [-0.25, -0.2) is 4.98 Å². The van der Waals surface area contributed by atoms with Gasteiger partial charge in [0.15, 0.2) is 0 Å². The Morgan fingerprint density at radius 3 is 2.68 bits per heavy atom. The van der Waals surface area contributed by atoms with Gasteiger partial charge in [0.05, 0.1) is 12.4 Å². The van der Waals surface area contributed by atoms with Crippen LogP contribution < -0.4 is 10.1 Å². The lowest BCUT2D eigenvalue weighted by atomic mass is 10.1. The smallest absolute Gasteiger partial charge is 0.255 e. The maximum Gasteiger partial charge on any atom is 0.255 e. The highest BCUT2D eigenvalue weighted by atomic mass is 16.5. The van der Waals surface area contributed by atoms with Crippen LogP contribution >= 0.6 is 0 Å². The fourth-order valence-corrected chi connectivity index (χ4v) is 2.48. The molecule has 5 heteroatoms. The second-order valence-corrected chi connectivity index (χ2v) is 6.08. The van der Waals surface area contributed by atoms with Gasteiger partial charge >= 0.3 is 0 Å². The van der Waals surface area contributed by atoms with Gasteiger partial charge in [-0.2, -0.15) is 0 Å². The molecule has 3 aromatic rings. The van der Waals surface area contributed by atoms with E-state index in [1.54, 1.807) is 12.5 Å². The summed E-state index contributed by atoms with van der Waals surface area (Å²) in [6.45, 7) is 4.67. The number of carbonyl (C=O) groups excluding carboxylic acids is 1. The van der Waals surface area contributed by atoms with E-state index < -0.39 is 0 Å². The summed E-state index contributed by atoms with van der Waals surface area (Å²) in [6.07, 6.45) is 5.52. The SMILES string of the molecule is CC(C)Oc1cccc(NC(=O)c2ccc(Cn3ccnc3)cc2)c1. The van der Waals surface area contributed by atoms with Gasteiger partial charge in [-0.1, -0.05) is 18.2 Å². The van der Waals surface area contributed by atoms with Crippen LogP contribution in [0.4, 0.5) is 5.69 Å². The van der Waals surface area contributed by atoms with Crippen molar-refractivity contribution >= 4 is 11.6 Å². The van der Waals surface area contributed by atoms with Crippen LogP contribution in [0.1, 0.15) is 29.8 Å². The number of anilines is 1. The maximum absolute atomic E-state index is 12.4. The van der Waals surface area contributed by atoms with Crippen LogP contribution in [0.5, 0.6) is 5.75 Å². The third kappa shape index (κ3) is 4.70. The third-order valence-electron chi connectivity index (χ3n) is 3.60. The highest BCUT2D eigenvalue weighted by molar-refractivity contribution is 6.04. The molecule has 0 saturated heterocycles. The average Bonchev–Trinajstić information content (AvgIpc) is 3.08. The Hall–Kier alpha value is -3.08. The zero-order valence-corrected chi connectivity index (χ0v) is 14.3. The van der Waals surface area contributed by atoms with Crippen LogP contribution in [-0.2, 0) is 6.54 Å². The zero-order chi connectivity index (χ0) is 17.6.